The topological polar surface area (TPSA) is 70.8 Å². The Balaban J connectivity index is 2.60. The minimum atomic E-state index is -1.87. The van der Waals surface area contributed by atoms with E-state index in [9.17, 15) is 4.79 Å². The van der Waals surface area contributed by atoms with Crippen molar-refractivity contribution >= 4 is 40.8 Å². The lowest BCUT2D eigenvalue weighted by atomic mass is 10.2. The van der Waals surface area contributed by atoms with Gasteiger partial charge < -0.3 is 15.2 Å². The highest BCUT2D eigenvalue weighted by Gasteiger charge is 2.33. The molecule has 106 valence electrons. The monoisotopic (exact) mass is 327 g/mol. The highest BCUT2D eigenvalue weighted by molar-refractivity contribution is 6.68. The van der Waals surface area contributed by atoms with E-state index in [1.165, 1.54) is 7.11 Å². The first kappa shape index (κ1) is 16.5. The van der Waals surface area contributed by atoms with Gasteiger partial charge in [-0.3, -0.25) is 4.74 Å². The third-order valence-corrected chi connectivity index (χ3v) is 2.63. The molecule has 0 radical (unpaired) electrons. The van der Waals surface area contributed by atoms with Gasteiger partial charge in [0.15, 0.2) is 6.23 Å². The van der Waals surface area contributed by atoms with Crippen LogP contribution in [0.5, 0.6) is 0 Å². The Morgan fingerprint density at radius 1 is 1.26 bits per heavy atom. The second kappa shape index (κ2) is 7.28. The fourth-order valence-corrected chi connectivity index (χ4v) is 1.21. The normalized spacial score (nSPS) is 14.8. The van der Waals surface area contributed by atoms with Crippen molar-refractivity contribution in [2.24, 2.45) is 5.73 Å². The summed E-state index contributed by atoms with van der Waals surface area (Å²) in [5.41, 5.74) is 5.78. The van der Waals surface area contributed by atoms with Gasteiger partial charge in [-0.1, -0.05) is 53.0 Å². The molecular formula is C11H12Cl3NO4. The first-order chi connectivity index (χ1) is 8.84. The molecule has 0 aliphatic carbocycles. The Labute approximate surface area is 125 Å². The van der Waals surface area contributed by atoms with Crippen molar-refractivity contribution in [3.63, 3.8) is 0 Å². The Morgan fingerprint density at radius 3 is 2.32 bits per heavy atom. The molecule has 19 heavy (non-hydrogen) atoms. The molecule has 2 atom stereocenters. The van der Waals surface area contributed by atoms with Crippen molar-refractivity contribution in [1.82, 2.24) is 0 Å². The first-order valence-corrected chi connectivity index (χ1v) is 6.24. The summed E-state index contributed by atoms with van der Waals surface area (Å²) in [5, 5.41) is 0. The summed E-state index contributed by atoms with van der Waals surface area (Å²) in [4.78, 5) is 11.7. The molecule has 1 aromatic rings. The van der Waals surface area contributed by atoms with Gasteiger partial charge in [-0.2, -0.15) is 0 Å². The van der Waals surface area contributed by atoms with Crippen LogP contribution in [0.1, 0.15) is 10.4 Å². The molecular weight excluding hydrogens is 316 g/mol. The van der Waals surface area contributed by atoms with Gasteiger partial charge in [-0.25, -0.2) is 4.79 Å². The molecule has 1 rings (SSSR count). The van der Waals surface area contributed by atoms with E-state index < -0.39 is 22.5 Å². The van der Waals surface area contributed by atoms with Gasteiger partial charge in [-0.15, -0.1) is 0 Å². The van der Waals surface area contributed by atoms with Gasteiger partial charge in [-0.05, 0) is 12.1 Å². The summed E-state index contributed by atoms with van der Waals surface area (Å²) in [6.45, 7) is -1.38. The average molecular weight is 329 g/mol. The maximum Gasteiger partial charge on any atom is 0.342 e. The predicted octanol–water partition coefficient (Wildman–Crippen LogP) is 2.44. The van der Waals surface area contributed by atoms with E-state index in [1.54, 1.807) is 30.3 Å². The molecule has 8 heteroatoms. The van der Waals surface area contributed by atoms with Crippen molar-refractivity contribution in [2.75, 3.05) is 7.11 Å². The second-order valence-corrected chi connectivity index (χ2v) is 5.76. The highest BCUT2D eigenvalue weighted by Crippen LogP contribution is 2.30. The summed E-state index contributed by atoms with van der Waals surface area (Å²) in [7, 11) is 1.26. The maximum atomic E-state index is 11.7. The zero-order valence-electron chi connectivity index (χ0n) is 9.89. The molecule has 0 heterocycles. The fraction of sp³-hybridized carbons (Fsp3) is 0.364. The third-order valence-electron chi connectivity index (χ3n) is 1.99. The van der Waals surface area contributed by atoms with Crippen molar-refractivity contribution in [1.29, 1.82) is 0 Å². The van der Waals surface area contributed by atoms with Crippen molar-refractivity contribution in [3.05, 3.63) is 35.9 Å². The van der Waals surface area contributed by atoms with Crippen LogP contribution in [0.15, 0.2) is 30.3 Å². The quantitative estimate of drug-likeness (QED) is 0.511. The zero-order chi connectivity index (χ0) is 14.5. The van der Waals surface area contributed by atoms with Crippen LogP contribution >= 0.6 is 34.8 Å². The largest absolute Gasteiger partial charge is 0.407 e. The molecule has 0 aromatic heterocycles. The number of ether oxygens (including phenoxy) is 3. The lowest BCUT2D eigenvalue weighted by Crippen LogP contribution is -2.42. The number of hydrogen-bond donors (Lipinski definition) is 1. The number of nitrogens with two attached hydrogens (primary N) is 1. The van der Waals surface area contributed by atoms with Crippen LogP contribution in [-0.4, -0.2) is 29.6 Å². The number of esters is 1. The van der Waals surface area contributed by atoms with E-state index in [0.717, 1.165) is 0 Å². The molecule has 0 bridgehead atoms. The molecule has 2 N–H and O–H groups in total. The summed E-state index contributed by atoms with van der Waals surface area (Å²) in [6, 6.07) is 8.28. The number of halogens is 3. The molecule has 0 saturated carbocycles. The highest BCUT2D eigenvalue weighted by atomic mass is 35.6. The van der Waals surface area contributed by atoms with Crippen LogP contribution < -0.4 is 5.73 Å². The number of alkyl halides is 3. The van der Waals surface area contributed by atoms with E-state index in [-0.39, 0.29) is 0 Å². The summed E-state index contributed by atoms with van der Waals surface area (Å²) in [6.07, 6.45) is -1.31. The SMILES string of the molecule is COC(OC(=O)c1ccccc1)OC(N)C(Cl)(Cl)Cl. The summed E-state index contributed by atoms with van der Waals surface area (Å²) >= 11 is 16.6. The Hall–Kier alpha value is -0.560. The molecule has 0 saturated heterocycles. The third kappa shape index (κ3) is 5.52. The Morgan fingerprint density at radius 2 is 1.84 bits per heavy atom. The van der Waals surface area contributed by atoms with E-state index in [1.807, 2.05) is 0 Å². The van der Waals surface area contributed by atoms with Gasteiger partial charge in [0.2, 0.25) is 3.79 Å². The number of methoxy groups -OCH3 is 1. The van der Waals surface area contributed by atoms with Gasteiger partial charge >= 0.3 is 12.4 Å². The molecule has 5 nitrogen and oxygen atoms in total. The van der Waals surface area contributed by atoms with Crippen LogP contribution in [-0.2, 0) is 14.2 Å². The lowest BCUT2D eigenvalue weighted by Gasteiger charge is -2.24. The van der Waals surface area contributed by atoms with Gasteiger partial charge in [0.1, 0.15) is 0 Å². The molecule has 1 aromatic carbocycles. The van der Waals surface area contributed by atoms with Gasteiger partial charge in [0.05, 0.1) is 5.56 Å². The molecule has 0 fully saturated rings. The van der Waals surface area contributed by atoms with Crippen molar-refractivity contribution < 1.29 is 19.0 Å². The second-order valence-electron chi connectivity index (χ2n) is 3.39. The number of benzene rings is 1. The van der Waals surface area contributed by atoms with Crippen LogP contribution in [0.3, 0.4) is 0 Å². The smallest absolute Gasteiger partial charge is 0.342 e. The van der Waals surface area contributed by atoms with E-state index in [4.69, 9.17) is 54.7 Å². The van der Waals surface area contributed by atoms with E-state index >= 15 is 0 Å². The molecule has 2 unspecified atom stereocenters. The molecule has 0 amide bonds. The van der Waals surface area contributed by atoms with Crippen LogP contribution in [0.4, 0.5) is 0 Å². The average Bonchev–Trinajstić information content (AvgIpc) is 2.37. The summed E-state index contributed by atoms with van der Waals surface area (Å²) < 4.78 is 12.8. The minimum absolute atomic E-state index is 0.329. The number of carbonyl (C=O) groups is 1. The standard InChI is InChI=1S/C11H12Cl3NO4/c1-17-10(19-9(15)11(12,13)14)18-8(16)7-5-3-2-4-6-7/h2-6,9-10H,15H2,1H3. The van der Waals surface area contributed by atoms with Gasteiger partial charge in [0, 0.05) is 7.11 Å². The van der Waals surface area contributed by atoms with Crippen LogP contribution in [0.25, 0.3) is 0 Å². The number of hydrogen-bond acceptors (Lipinski definition) is 5. The number of carbonyl (C=O) groups excluding carboxylic acids is 1. The molecule has 0 aliphatic rings. The maximum absolute atomic E-state index is 11.7. The summed E-state index contributed by atoms with van der Waals surface area (Å²) in [5.74, 6) is -0.649. The van der Waals surface area contributed by atoms with Crippen molar-refractivity contribution in [2.45, 2.75) is 16.5 Å². The zero-order valence-corrected chi connectivity index (χ0v) is 12.2. The lowest BCUT2D eigenvalue weighted by molar-refractivity contribution is -0.267. The van der Waals surface area contributed by atoms with Crippen LogP contribution in [0.2, 0.25) is 0 Å². The number of rotatable bonds is 5. The fourth-order valence-electron chi connectivity index (χ4n) is 1.06. The van der Waals surface area contributed by atoms with E-state index in [0.29, 0.717) is 5.56 Å². The first-order valence-electron chi connectivity index (χ1n) is 5.11. The molecule has 0 spiro atoms. The predicted molar refractivity (Wildman–Crippen MR) is 72.0 cm³/mol. The van der Waals surface area contributed by atoms with Gasteiger partial charge in [0.25, 0.3) is 0 Å². The molecule has 0 aliphatic heterocycles. The Bertz CT molecular complexity index is 410. The Kier molecular flexibility index (Phi) is 6.32. The minimum Gasteiger partial charge on any atom is -0.407 e. The van der Waals surface area contributed by atoms with E-state index in [2.05, 4.69) is 0 Å². The van der Waals surface area contributed by atoms with Crippen molar-refractivity contribution in [3.8, 4) is 0 Å². The van der Waals surface area contributed by atoms with Crippen LogP contribution in [0, 0.1) is 0 Å².